The summed E-state index contributed by atoms with van der Waals surface area (Å²) < 4.78 is 10.1. The van der Waals surface area contributed by atoms with Crippen LogP contribution in [0, 0.1) is 0 Å². The van der Waals surface area contributed by atoms with E-state index in [2.05, 4.69) is 0 Å². The molecule has 0 heterocycles. The smallest absolute Gasteiger partial charge is 0.320 e. The Morgan fingerprint density at radius 2 is 1.30 bits per heavy atom. The van der Waals surface area contributed by atoms with Gasteiger partial charge in [0, 0.05) is 12.8 Å². The Kier molecular flexibility index (Phi) is 9.60. The van der Waals surface area contributed by atoms with Crippen molar-refractivity contribution in [2.24, 2.45) is 0 Å². The molecule has 0 fully saturated rings. The Morgan fingerprint density at radius 1 is 0.826 bits per heavy atom. The van der Waals surface area contributed by atoms with Gasteiger partial charge < -0.3 is 19.7 Å². The molecule has 8 nitrogen and oxygen atoms in total. The zero-order valence-electron chi connectivity index (χ0n) is 13.5. The zero-order valence-corrected chi connectivity index (χ0v) is 13.5. The molecule has 0 radical (unpaired) electrons. The van der Waals surface area contributed by atoms with Crippen LogP contribution >= 0.6 is 0 Å². The van der Waals surface area contributed by atoms with Crippen molar-refractivity contribution in [3.8, 4) is 0 Å². The van der Waals surface area contributed by atoms with E-state index in [1.165, 1.54) is 0 Å². The van der Waals surface area contributed by atoms with Crippen molar-refractivity contribution >= 4 is 23.9 Å². The average molecular weight is 332 g/mol. The van der Waals surface area contributed by atoms with E-state index in [9.17, 15) is 19.2 Å². The number of hydrogen-bond acceptors (Lipinski definition) is 6. The second-order valence-corrected chi connectivity index (χ2v) is 5.16. The molecule has 0 aromatic rings. The van der Waals surface area contributed by atoms with Crippen LogP contribution in [0.1, 0.15) is 65.2 Å². The van der Waals surface area contributed by atoms with E-state index in [-0.39, 0.29) is 12.8 Å². The van der Waals surface area contributed by atoms with Crippen LogP contribution in [-0.2, 0) is 28.7 Å². The number of esters is 2. The van der Waals surface area contributed by atoms with Crippen LogP contribution in [0.4, 0.5) is 0 Å². The molecule has 0 bridgehead atoms. The number of carboxylic acid groups (broad SMARTS) is 2. The van der Waals surface area contributed by atoms with Crippen LogP contribution in [0.5, 0.6) is 0 Å². The monoisotopic (exact) mass is 332 g/mol. The Bertz CT molecular complexity index is 399. The van der Waals surface area contributed by atoms with E-state index in [4.69, 9.17) is 19.7 Å². The van der Waals surface area contributed by atoms with E-state index in [1.54, 1.807) is 6.92 Å². The Hall–Kier alpha value is -2.12. The molecule has 8 heteroatoms. The molecular weight excluding hydrogens is 308 g/mol. The fraction of sp³-hybridized carbons (Fsp3) is 0.733. The van der Waals surface area contributed by atoms with Crippen LogP contribution in [0.25, 0.3) is 0 Å². The van der Waals surface area contributed by atoms with Crippen molar-refractivity contribution in [1.29, 1.82) is 0 Å². The maximum atomic E-state index is 11.6. The first-order valence-corrected chi connectivity index (χ1v) is 7.62. The van der Waals surface area contributed by atoms with Crippen LogP contribution in [0.15, 0.2) is 0 Å². The molecule has 0 aliphatic heterocycles. The van der Waals surface area contributed by atoms with Crippen molar-refractivity contribution < 1.29 is 38.9 Å². The van der Waals surface area contributed by atoms with Gasteiger partial charge in [-0.15, -0.1) is 0 Å². The Labute approximate surface area is 134 Å². The predicted octanol–water partition coefficient (Wildman–Crippen LogP) is 2.10. The molecule has 0 saturated carbocycles. The summed E-state index contributed by atoms with van der Waals surface area (Å²) in [5.41, 5.74) is 0. The molecule has 0 aliphatic rings. The SMILES string of the molecule is CCCCCCC(CC)(OC(=O)CC(=O)O)OC(=O)CC(=O)O. The van der Waals surface area contributed by atoms with Crippen molar-refractivity contribution in [2.75, 3.05) is 0 Å². The molecule has 0 rings (SSSR count). The lowest BCUT2D eigenvalue weighted by atomic mass is 10.0. The van der Waals surface area contributed by atoms with Crippen molar-refractivity contribution in [3.05, 3.63) is 0 Å². The highest BCUT2D eigenvalue weighted by atomic mass is 16.7. The van der Waals surface area contributed by atoms with Crippen molar-refractivity contribution in [1.82, 2.24) is 0 Å². The third kappa shape index (κ3) is 9.49. The summed E-state index contributed by atoms with van der Waals surface area (Å²) in [6.07, 6.45) is 1.95. The highest BCUT2D eigenvalue weighted by Gasteiger charge is 2.37. The van der Waals surface area contributed by atoms with E-state index in [1.807, 2.05) is 6.92 Å². The van der Waals surface area contributed by atoms with E-state index >= 15 is 0 Å². The minimum atomic E-state index is -1.62. The molecule has 132 valence electrons. The molecule has 0 saturated heterocycles. The fourth-order valence-corrected chi connectivity index (χ4v) is 2.00. The second-order valence-electron chi connectivity index (χ2n) is 5.16. The minimum absolute atomic E-state index is 0.107. The summed E-state index contributed by atoms with van der Waals surface area (Å²) in [5.74, 6) is -6.39. The summed E-state index contributed by atoms with van der Waals surface area (Å²) in [6.45, 7) is 3.63. The van der Waals surface area contributed by atoms with Gasteiger partial charge in [0.2, 0.25) is 0 Å². The molecule has 0 aromatic heterocycles. The molecule has 0 aromatic carbocycles. The van der Waals surface area contributed by atoms with Gasteiger partial charge in [-0.2, -0.15) is 0 Å². The summed E-state index contributed by atoms with van der Waals surface area (Å²) in [5, 5.41) is 17.2. The molecule has 0 spiro atoms. The number of ether oxygens (including phenoxy) is 2. The first kappa shape index (κ1) is 20.9. The van der Waals surface area contributed by atoms with Gasteiger partial charge in [0.1, 0.15) is 12.8 Å². The summed E-state index contributed by atoms with van der Waals surface area (Å²) >= 11 is 0. The summed E-state index contributed by atoms with van der Waals surface area (Å²) in [7, 11) is 0. The number of aliphatic carboxylic acids is 2. The molecule has 0 unspecified atom stereocenters. The molecule has 2 N–H and O–H groups in total. The third-order valence-corrected chi connectivity index (χ3v) is 3.14. The van der Waals surface area contributed by atoms with Gasteiger partial charge in [0.15, 0.2) is 0 Å². The van der Waals surface area contributed by atoms with Gasteiger partial charge in [0.25, 0.3) is 5.79 Å². The largest absolute Gasteiger partial charge is 0.481 e. The molecular formula is C15H24O8. The zero-order chi connectivity index (χ0) is 17.9. The number of carboxylic acids is 2. The molecule has 0 amide bonds. The summed E-state index contributed by atoms with van der Waals surface area (Å²) in [4.78, 5) is 44.3. The quantitative estimate of drug-likeness (QED) is 0.241. The van der Waals surface area contributed by atoms with Crippen LogP contribution in [0.2, 0.25) is 0 Å². The fourth-order valence-electron chi connectivity index (χ4n) is 2.00. The standard InChI is InChI=1S/C15H24O8/c1-3-5-6-7-8-15(4-2,22-13(20)9-11(16)17)23-14(21)10-12(18)19/h3-10H2,1-2H3,(H,16,17)(H,18,19). The van der Waals surface area contributed by atoms with Gasteiger partial charge in [-0.05, 0) is 6.42 Å². The van der Waals surface area contributed by atoms with Crippen LogP contribution in [-0.4, -0.2) is 39.9 Å². The summed E-state index contributed by atoms with van der Waals surface area (Å²) in [6, 6.07) is 0. The van der Waals surface area contributed by atoms with Gasteiger partial charge >= 0.3 is 23.9 Å². The lowest BCUT2D eigenvalue weighted by Gasteiger charge is -2.31. The maximum Gasteiger partial charge on any atom is 0.320 e. The lowest BCUT2D eigenvalue weighted by molar-refractivity contribution is -0.233. The lowest BCUT2D eigenvalue weighted by Crippen LogP contribution is -2.40. The average Bonchev–Trinajstić information content (AvgIpc) is 2.41. The number of rotatable bonds is 12. The van der Waals surface area contributed by atoms with Gasteiger partial charge in [0.05, 0.1) is 0 Å². The Morgan fingerprint density at radius 3 is 1.65 bits per heavy atom. The van der Waals surface area contributed by atoms with E-state index < -0.39 is 42.5 Å². The maximum absolute atomic E-state index is 11.6. The van der Waals surface area contributed by atoms with E-state index in [0.29, 0.717) is 6.42 Å². The first-order valence-electron chi connectivity index (χ1n) is 7.62. The molecule has 23 heavy (non-hydrogen) atoms. The Balaban J connectivity index is 4.96. The molecule has 0 atom stereocenters. The number of hydrogen-bond donors (Lipinski definition) is 2. The third-order valence-electron chi connectivity index (χ3n) is 3.14. The topological polar surface area (TPSA) is 127 Å². The normalized spacial score (nSPS) is 10.9. The van der Waals surface area contributed by atoms with Crippen molar-refractivity contribution in [2.45, 2.75) is 71.0 Å². The first-order chi connectivity index (χ1) is 10.7. The molecule has 0 aliphatic carbocycles. The second kappa shape index (κ2) is 10.6. The highest BCUT2D eigenvalue weighted by Crippen LogP contribution is 2.27. The van der Waals surface area contributed by atoms with E-state index in [0.717, 1.165) is 19.3 Å². The number of carbonyl (C=O) groups excluding carboxylic acids is 2. The highest BCUT2D eigenvalue weighted by molar-refractivity contribution is 5.91. The van der Waals surface area contributed by atoms with Gasteiger partial charge in [-0.25, -0.2) is 0 Å². The van der Waals surface area contributed by atoms with Crippen LogP contribution in [0.3, 0.4) is 0 Å². The van der Waals surface area contributed by atoms with Crippen molar-refractivity contribution in [3.63, 3.8) is 0 Å². The minimum Gasteiger partial charge on any atom is -0.481 e. The number of carbonyl (C=O) groups is 4. The van der Waals surface area contributed by atoms with Gasteiger partial charge in [-0.1, -0.05) is 33.1 Å². The van der Waals surface area contributed by atoms with Gasteiger partial charge in [-0.3, -0.25) is 19.2 Å². The van der Waals surface area contributed by atoms with Crippen LogP contribution < -0.4 is 0 Å². The predicted molar refractivity (Wildman–Crippen MR) is 78.5 cm³/mol. The number of unbranched alkanes of at least 4 members (excludes halogenated alkanes) is 3.